The minimum absolute atomic E-state index is 0.143. The van der Waals surface area contributed by atoms with Gasteiger partial charge in [0.2, 0.25) is 0 Å². The van der Waals surface area contributed by atoms with Gasteiger partial charge in [0.15, 0.2) is 0 Å². The van der Waals surface area contributed by atoms with E-state index in [1.165, 1.54) is 6.07 Å². The van der Waals surface area contributed by atoms with Crippen LogP contribution in [-0.2, 0) is 22.9 Å². The fourth-order valence-corrected chi connectivity index (χ4v) is 4.21. The van der Waals surface area contributed by atoms with Gasteiger partial charge in [-0.1, -0.05) is 0 Å². The lowest BCUT2D eigenvalue weighted by Gasteiger charge is -2.13. The first-order chi connectivity index (χ1) is 11.3. The number of aryl methyl sites for hydroxylation is 1. The summed E-state index contributed by atoms with van der Waals surface area (Å²) >= 11 is 0. The third kappa shape index (κ3) is 2.96. The van der Waals surface area contributed by atoms with E-state index in [0.29, 0.717) is 36.5 Å². The van der Waals surface area contributed by atoms with Gasteiger partial charge >= 0.3 is 5.97 Å². The standard InChI is InChI=1S/C16H13F2NO4S/c17-11-4-5-14(13(18)8-11)19-24(22,23)15-7-10(16(20)21)6-9-2-1-3-12(9)15/h4-8,19H,1-3H2,(H,20,21). The number of hydrogen-bond acceptors (Lipinski definition) is 3. The number of hydrogen-bond donors (Lipinski definition) is 2. The zero-order valence-electron chi connectivity index (χ0n) is 12.3. The van der Waals surface area contributed by atoms with Crippen molar-refractivity contribution in [3.05, 3.63) is 58.7 Å². The Morgan fingerprint density at radius 1 is 1.12 bits per heavy atom. The summed E-state index contributed by atoms with van der Waals surface area (Å²) in [6.07, 6.45) is 1.80. The highest BCUT2D eigenvalue weighted by Crippen LogP contribution is 2.31. The minimum atomic E-state index is -4.21. The molecule has 2 aromatic carbocycles. The summed E-state index contributed by atoms with van der Waals surface area (Å²) in [5, 5.41) is 9.15. The number of carboxylic acids is 1. The molecular weight excluding hydrogens is 340 g/mol. The lowest BCUT2D eigenvalue weighted by Crippen LogP contribution is -2.17. The Morgan fingerprint density at radius 3 is 2.54 bits per heavy atom. The number of fused-ring (bicyclic) bond motifs is 1. The molecule has 0 unspecified atom stereocenters. The van der Waals surface area contributed by atoms with Gasteiger partial charge < -0.3 is 5.11 Å². The molecule has 0 bridgehead atoms. The van der Waals surface area contributed by atoms with E-state index in [4.69, 9.17) is 5.11 Å². The first-order valence-electron chi connectivity index (χ1n) is 7.15. The van der Waals surface area contributed by atoms with Crippen LogP contribution in [0.1, 0.15) is 27.9 Å². The van der Waals surface area contributed by atoms with Crippen LogP contribution in [0.3, 0.4) is 0 Å². The number of carboxylic acid groups (broad SMARTS) is 1. The average Bonchev–Trinajstić information content (AvgIpc) is 2.97. The molecule has 0 saturated heterocycles. The van der Waals surface area contributed by atoms with Crippen LogP contribution in [0.15, 0.2) is 35.2 Å². The van der Waals surface area contributed by atoms with Crippen molar-refractivity contribution in [2.24, 2.45) is 0 Å². The van der Waals surface area contributed by atoms with Crippen LogP contribution in [0, 0.1) is 11.6 Å². The number of nitrogens with one attached hydrogen (secondary N) is 1. The third-order valence-electron chi connectivity index (χ3n) is 3.89. The van der Waals surface area contributed by atoms with Crippen molar-refractivity contribution in [3.8, 4) is 0 Å². The lowest BCUT2D eigenvalue weighted by molar-refractivity contribution is 0.0696. The van der Waals surface area contributed by atoms with E-state index in [-0.39, 0.29) is 10.5 Å². The first kappa shape index (κ1) is 16.4. The molecule has 8 heteroatoms. The molecule has 0 fully saturated rings. The van der Waals surface area contributed by atoms with Crippen LogP contribution in [-0.4, -0.2) is 19.5 Å². The Morgan fingerprint density at radius 2 is 1.88 bits per heavy atom. The van der Waals surface area contributed by atoms with E-state index in [1.54, 1.807) is 0 Å². The zero-order chi connectivity index (χ0) is 17.5. The summed E-state index contributed by atoms with van der Waals surface area (Å²) in [6, 6.07) is 5.00. The van der Waals surface area contributed by atoms with Crippen molar-refractivity contribution in [1.82, 2.24) is 0 Å². The van der Waals surface area contributed by atoms with Crippen molar-refractivity contribution in [3.63, 3.8) is 0 Å². The molecule has 3 rings (SSSR count). The van der Waals surface area contributed by atoms with Crippen LogP contribution in [0.25, 0.3) is 0 Å². The van der Waals surface area contributed by atoms with Crippen LogP contribution in [0.4, 0.5) is 14.5 Å². The van der Waals surface area contributed by atoms with Crippen LogP contribution >= 0.6 is 0 Å². The largest absolute Gasteiger partial charge is 0.478 e. The minimum Gasteiger partial charge on any atom is -0.478 e. The molecule has 0 spiro atoms. The second-order valence-corrected chi connectivity index (χ2v) is 7.15. The van der Waals surface area contributed by atoms with Crippen molar-refractivity contribution in [2.45, 2.75) is 24.2 Å². The highest BCUT2D eigenvalue weighted by molar-refractivity contribution is 7.92. The molecule has 0 saturated carbocycles. The number of benzene rings is 2. The summed E-state index contributed by atoms with van der Waals surface area (Å²) < 4.78 is 53.9. The summed E-state index contributed by atoms with van der Waals surface area (Å²) in [7, 11) is -4.21. The number of sulfonamides is 1. The predicted octanol–water partition coefficient (Wildman–Crippen LogP) is 2.95. The molecule has 2 aromatic rings. The molecule has 5 nitrogen and oxygen atoms in total. The van der Waals surface area contributed by atoms with Gasteiger partial charge in [-0.15, -0.1) is 0 Å². The molecule has 0 atom stereocenters. The Balaban J connectivity index is 2.08. The molecule has 24 heavy (non-hydrogen) atoms. The van der Waals surface area contributed by atoms with Crippen LogP contribution in [0.5, 0.6) is 0 Å². The van der Waals surface area contributed by atoms with E-state index in [9.17, 15) is 22.0 Å². The Kier molecular flexibility index (Phi) is 4.00. The van der Waals surface area contributed by atoms with E-state index in [1.807, 2.05) is 0 Å². The highest BCUT2D eigenvalue weighted by Gasteiger charge is 2.27. The molecule has 0 amide bonds. The number of rotatable bonds is 4. The summed E-state index contributed by atoms with van der Waals surface area (Å²) in [5.74, 6) is -3.12. The molecule has 1 aliphatic rings. The van der Waals surface area contributed by atoms with E-state index >= 15 is 0 Å². The topological polar surface area (TPSA) is 83.5 Å². The number of aromatic carboxylic acids is 1. The molecule has 0 aliphatic heterocycles. The second kappa shape index (κ2) is 5.86. The fraction of sp³-hybridized carbons (Fsp3) is 0.188. The molecular formula is C16H13F2NO4S. The van der Waals surface area contributed by atoms with Gasteiger partial charge in [0, 0.05) is 6.07 Å². The highest BCUT2D eigenvalue weighted by atomic mass is 32.2. The Hall–Kier alpha value is -2.48. The second-order valence-electron chi connectivity index (χ2n) is 5.50. The fourth-order valence-electron chi connectivity index (χ4n) is 2.80. The van der Waals surface area contributed by atoms with Crippen molar-refractivity contribution < 1.29 is 27.1 Å². The number of anilines is 1. The van der Waals surface area contributed by atoms with Crippen LogP contribution in [0.2, 0.25) is 0 Å². The maximum Gasteiger partial charge on any atom is 0.335 e. The summed E-state index contributed by atoms with van der Waals surface area (Å²) in [6.45, 7) is 0. The van der Waals surface area contributed by atoms with Crippen molar-refractivity contribution in [1.29, 1.82) is 0 Å². The van der Waals surface area contributed by atoms with Gasteiger partial charge in [0.25, 0.3) is 10.0 Å². The van der Waals surface area contributed by atoms with Gasteiger partial charge in [-0.25, -0.2) is 22.0 Å². The van der Waals surface area contributed by atoms with Gasteiger partial charge in [0.05, 0.1) is 16.1 Å². The lowest BCUT2D eigenvalue weighted by atomic mass is 10.1. The smallest absolute Gasteiger partial charge is 0.335 e. The maximum atomic E-state index is 13.7. The van der Waals surface area contributed by atoms with Crippen molar-refractivity contribution in [2.75, 3.05) is 4.72 Å². The van der Waals surface area contributed by atoms with Gasteiger partial charge in [-0.05, 0) is 54.7 Å². The molecule has 0 radical (unpaired) electrons. The van der Waals surface area contributed by atoms with Gasteiger partial charge in [-0.2, -0.15) is 0 Å². The summed E-state index contributed by atoms with van der Waals surface area (Å²) in [4.78, 5) is 11.0. The average molecular weight is 353 g/mol. The van der Waals surface area contributed by atoms with Crippen molar-refractivity contribution >= 4 is 21.7 Å². The third-order valence-corrected chi connectivity index (χ3v) is 5.32. The normalized spacial score (nSPS) is 13.6. The monoisotopic (exact) mass is 353 g/mol. The molecule has 0 aromatic heterocycles. The summed E-state index contributed by atoms with van der Waals surface area (Å²) in [5.41, 5.74) is 0.657. The number of carbonyl (C=O) groups is 1. The molecule has 0 heterocycles. The van der Waals surface area contributed by atoms with E-state index in [2.05, 4.69) is 4.72 Å². The molecule has 1 aliphatic carbocycles. The van der Waals surface area contributed by atoms with E-state index < -0.39 is 33.3 Å². The maximum absolute atomic E-state index is 13.7. The molecule has 2 N–H and O–H groups in total. The van der Waals surface area contributed by atoms with Gasteiger partial charge in [0.1, 0.15) is 11.6 Å². The quantitative estimate of drug-likeness (QED) is 0.885. The predicted molar refractivity (Wildman–Crippen MR) is 82.6 cm³/mol. The zero-order valence-corrected chi connectivity index (χ0v) is 13.2. The molecule has 126 valence electrons. The Bertz CT molecular complexity index is 941. The van der Waals surface area contributed by atoms with E-state index in [0.717, 1.165) is 18.2 Å². The Labute approximate surface area is 137 Å². The first-order valence-corrected chi connectivity index (χ1v) is 8.63. The van der Waals surface area contributed by atoms with Crippen LogP contribution < -0.4 is 4.72 Å². The SMILES string of the molecule is O=C(O)c1cc2c(c(S(=O)(=O)Nc3ccc(F)cc3F)c1)CCC2. The van der Waals surface area contributed by atoms with Gasteiger partial charge in [-0.3, -0.25) is 4.72 Å². The number of halogens is 2.